The van der Waals surface area contributed by atoms with Gasteiger partial charge in [-0.05, 0) is 19.1 Å². The lowest BCUT2D eigenvalue weighted by Crippen LogP contribution is -2.63. The fourth-order valence-corrected chi connectivity index (χ4v) is 3.49. The van der Waals surface area contributed by atoms with E-state index in [1.807, 2.05) is 6.92 Å². The van der Waals surface area contributed by atoms with Crippen LogP contribution in [-0.2, 0) is 4.79 Å². The predicted molar refractivity (Wildman–Crippen MR) is 87.4 cm³/mol. The lowest BCUT2D eigenvalue weighted by atomic mass is 10.0. The first-order valence-electron chi connectivity index (χ1n) is 8.35. The number of hydrogen-bond acceptors (Lipinski definition) is 4. The van der Waals surface area contributed by atoms with Gasteiger partial charge in [-0.3, -0.25) is 19.5 Å². The number of aryl methyl sites for hydroxylation is 1. The molecule has 1 N–H and O–H groups in total. The minimum atomic E-state index is -2.75. The number of hydrogen-bond donors (Lipinski definition) is 1. The molecular formula is C17H22F2N4O2. The van der Waals surface area contributed by atoms with Crippen LogP contribution in [0.2, 0.25) is 0 Å². The zero-order valence-corrected chi connectivity index (χ0v) is 14.3. The van der Waals surface area contributed by atoms with Gasteiger partial charge in [-0.1, -0.05) is 0 Å². The minimum absolute atomic E-state index is 0.0981. The Morgan fingerprint density at radius 3 is 2.76 bits per heavy atom. The Balaban J connectivity index is 1.60. The minimum Gasteiger partial charge on any atom is -0.355 e. The van der Waals surface area contributed by atoms with Gasteiger partial charge < -0.3 is 10.2 Å². The molecule has 3 rings (SSSR count). The normalized spacial score (nSPS) is 23.4. The van der Waals surface area contributed by atoms with Crippen LogP contribution in [0.1, 0.15) is 29.4 Å². The highest BCUT2D eigenvalue weighted by Gasteiger charge is 2.50. The lowest BCUT2D eigenvalue weighted by Gasteiger charge is -2.46. The van der Waals surface area contributed by atoms with E-state index in [4.69, 9.17) is 0 Å². The molecule has 2 fully saturated rings. The third kappa shape index (κ3) is 3.95. The van der Waals surface area contributed by atoms with Gasteiger partial charge >= 0.3 is 0 Å². The van der Waals surface area contributed by atoms with Crippen LogP contribution in [0.15, 0.2) is 18.3 Å². The van der Waals surface area contributed by atoms with Gasteiger partial charge in [0.1, 0.15) is 0 Å². The number of nitrogens with zero attached hydrogens (tertiary/aromatic N) is 3. The van der Waals surface area contributed by atoms with Gasteiger partial charge in [0.25, 0.3) is 11.8 Å². The second kappa shape index (κ2) is 6.67. The number of pyridine rings is 1. The lowest BCUT2D eigenvalue weighted by molar-refractivity contribution is -0.119. The molecule has 0 radical (unpaired) electrons. The van der Waals surface area contributed by atoms with Gasteiger partial charge in [-0.25, -0.2) is 8.78 Å². The topological polar surface area (TPSA) is 65.5 Å². The maximum Gasteiger partial charge on any atom is 0.262 e. The summed E-state index contributed by atoms with van der Waals surface area (Å²) in [6.07, 6.45) is 1.32. The molecule has 1 atom stereocenters. The van der Waals surface area contributed by atoms with Crippen molar-refractivity contribution in [3.05, 3.63) is 29.6 Å². The molecule has 25 heavy (non-hydrogen) atoms. The summed E-state index contributed by atoms with van der Waals surface area (Å²) in [4.78, 5) is 31.0. The van der Waals surface area contributed by atoms with Crippen LogP contribution >= 0.6 is 0 Å². The van der Waals surface area contributed by atoms with Crippen LogP contribution in [0, 0.1) is 6.92 Å². The molecular weight excluding hydrogens is 330 g/mol. The first-order valence-corrected chi connectivity index (χ1v) is 8.35. The van der Waals surface area contributed by atoms with E-state index >= 15 is 0 Å². The Morgan fingerprint density at radius 1 is 1.40 bits per heavy atom. The second-order valence-electron chi connectivity index (χ2n) is 6.87. The number of amides is 2. The maximum absolute atomic E-state index is 13.8. The quantitative estimate of drug-likeness (QED) is 0.880. The van der Waals surface area contributed by atoms with E-state index in [2.05, 4.69) is 10.3 Å². The summed E-state index contributed by atoms with van der Waals surface area (Å²) in [5, 5.41) is 2.62. The van der Waals surface area contributed by atoms with Crippen molar-refractivity contribution in [2.75, 3.05) is 26.2 Å². The van der Waals surface area contributed by atoms with E-state index in [0.717, 1.165) is 5.69 Å². The third-order valence-electron chi connectivity index (χ3n) is 4.77. The Labute approximate surface area is 145 Å². The van der Waals surface area contributed by atoms with Crippen molar-refractivity contribution in [2.24, 2.45) is 0 Å². The van der Waals surface area contributed by atoms with Crippen LogP contribution in [0.5, 0.6) is 0 Å². The Kier molecular flexibility index (Phi) is 4.73. The molecule has 8 heteroatoms. The number of rotatable bonds is 4. The smallest absolute Gasteiger partial charge is 0.262 e. The molecule has 1 aromatic heterocycles. The van der Waals surface area contributed by atoms with Crippen molar-refractivity contribution in [2.45, 2.75) is 38.3 Å². The number of alkyl halides is 2. The number of carbonyl (C=O) groups excluding carboxylic acids is 2. The summed E-state index contributed by atoms with van der Waals surface area (Å²) < 4.78 is 27.6. The Hall–Kier alpha value is -2.09. The summed E-state index contributed by atoms with van der Waals surface area (Å²) in [6.45, 7) is 3.92. The molecule has 2 aliphatic rings. The van der Waals surface area contributed by atoms with Gasteiger partial charge in [0.05, 0.1) is 6.54 Å². The molecule has 0 saturated carbocycles. The largest absolute Gasteiger partial charge is 0.355 e. The summed E-state index contributed by atoms with van der Waals surface area (Å²) in [7, 11) is 0. The third-order valence-corrected chi connectivity index (χ3v) is 4.77. The molecule has 2 aliphatic heterocycles. The van der Waals surface area contributed by atoms with E-state index in [1.54, 1.807) is 28.1 Å². The number of aromatic nitrogens is 1. The summed E-state index contributed by atoms with van der Waals surface area (Å²) in [5.41, 5.74) is 1.32. The van der Waals surface area contributed by atoms with E-state index in [9.17, 15) is 18.4 Å². The molecule has 0 aromatic carbocycles. The highest BCUT2D eigenvalue weighted by atomic mass is 19.3. The number of nitrogens with one attached hydrogen (secondary N) is 1. The fraction of sp³-hybridized carbons (Fsp3) is 0.588. The van der Waals surface area contributed by atoms with Crippen molar-refractivity contribution in [1.29, 1.82) is 0 Å². The number of halogens is 2. The van der Waals surface area contributed by atoms with E-state index in [-0.39, 0.29) is 37.4 Å². The van der Waals surface area contributed by atoms with Gasteiger partial charge in [0.2, 0.25) is 5.91 Å². The molecule has 0 bridgehead atoms. The average molecular weight is 352 g/mol. The molecule has 0 spiro atoms. The van der Waals surface area contributed by atoms with Crippen LogP contribution < -0.4 is 5.32 Å². The molecule has 2 amide bonds. The zero-order chi connectivity index (χ0) is 18.2. The molecule has 0 unspecified atom stereocenters. The van der Waals surface area contributed by atoms with Crippen molar-refractivity contribution in [3.63, 3.8) is 0 Å². The SMILES string of the molecule is CC(=O)NC[C@@H]1CC(F)(F)CN1C1CN(C(=O)c2ccnc(C)c2)C1. The van der Waals surface area contributed by atoms with Crippen LogP contribution in [0.4, 0.5) is 8.78 Å². The van der Waals surface area contributed by atoms with Gasteiger partial charge in [0, 0.05) is 62.5 Å². The molecule has 2 saturated heterocycles. The zero-order valence-electron chi connectivity index (χ0n) is 14.3. The van der Waals surface area contributed by atoms with Crippen molar-refractivity contribution in [1.82, 2.24) is 20.1 Å². The summed E-state index contributed by atoms with van der Waals surface area (Å²) in [5.74, 6) is -3.09. The Morgan fingerprint density at radius 2 is 2.12 bits per heavy atom. The predicted octanol–water partition coefficient (Wildman–Crippen LogP) is 1.06. The average Bonchev–Trinajstić information content (AvgIpc) is 2.78. The van der Waals surface area contributed by atoms with Crippen LogP contribution in [0.3, 0.4) is 0 Å². The fourth-order valence-electron chi connectivity index (χ4n) is 3.49. The van der Waals surface area contributed by atoms with Gasteiger partial charge in [0.15, 0.2) is 0 Å². The maximum atomic E-state index is 13.8. The van der Waals surface area contributed by atoms with E-state index < -0.39 is 12.0 Å². The van der Waals surface area contributed by atoms with E-state index in [0.29, 0.717) is 18.7 Å². The molecule has 0 aliphatic carbocycles. The van der Waals surface area contributed by atoms with Gasteiger partial charge in [-0.2, -0.15) is 0 Å². The van der Waals surface area contributed by atoms with Crippen molar-refractivity contribution < 1.29 is 18.4 Å². The highest BCUT2D eigenvalue weighted by Crippen LogP contribution is 2.35. The summed E-state index contributed by atoms with van der Waals surface area (Å²) in [6, 6.07) is 2.88. The molecule has 136 valence electrons. The first kappa shape index (κ1) is 17.7. The number of carbonyl (C=O) groups is 2. The highest BCUT2D eigenvalue weighted by molar-refractivity contribution is 5.94. The molecule has 1 aromatic rings. The number of likely N-dealkylation sites (tertiary alicyclic amines) is 2. The van der Waals surface area contributed by atoms with Crippen molar-refractivity contribution >= 4 is 11.8 Å². The molecule has 3 heterocycles. The van der Waals surface area contributed by atoms with Gasteiger partial charge in [-0.15, -0.1) is 0 Å². The monoisotopic (exact) mass is 352 g/mol. The summed E-state index contributed by atoms with van der Waals surface area (Å²) >= 11 is 0. The Bertz CT molecular complexity index is 676. The molecule has 6 nitrogen and oxygen atoms in total. The second-order valence-corrected chi connectivity index (χ2v) is 6.87. The van der Waals surface area contributed by atoms with Crippen LogP contribution in [-0.4, -0.2) is 70.8 Å². The standard InChI is InChI=1S/C17H22F2N4O2/c1-11-5-13(3-4-20-11)16(25)22-8-15(9-22)23-10-17(18,19)6-14(23)7-21-12(2)24/h3-5,14-15H,6-10H2,1-2H3,(H,21,24)/t14-/m0/s1. The van der Waals surface area contributed by atoms with Crippen molar-refractivity contribution in [3.8, 4) is 0 Å². The van der Waals surface area contributed by atoms with E-state index in [1.165, 1.54) is 6.92 Å². The van der Waals surface area contributed by atoms with Crippen LogP contribution in [0.25, 0.3) is 0 Å². The first-order chi connectivity index (χ1) is 11.7.